The average Bonchev–Trinajstić information content (AvgIpc) is 3.07. The lowest BCUT2D eigenvalue weighted by Gasteiger charge is -2.27. The SMILES string of the molecule is CNNC(=O)[C@@]1(Cc2ccccc2)N=C(c2ccc(OCCCO)cc2)O[C@H]1C. The van der Waals surface area contributed by atoms with Gasteiger partial charge in [0, 0.05) is 32.1 Å². The number of hydrazine groups is 1. The van der Waals surface area contributed by atoms with Crippen LogP contribution in [0, 0.1) is 0 Å². The molecule has 0 fully saturated rings. The summed E-state index contributed by atoms with van der Waals surface area (Å²) >= 11 is 0. The zero-order valence-corrected chi connectivity index (χ0v) is 16.7. The quantitative estimate of drug-likeness (QED) is 0.444. The second-order valence-electron chi connectivity index (χ2n) is 6.92. The van der Waals surface area contributed by atoms with Gasteiger partial charge in [-0.15, -0.1) is 0 Å². The lowest BCUT2D eigenvalue weighted by Crippen LogP contribution is -2.55. The molecule has 0 radical (unpaired) electrons. The summed E-state index contributed by atoms with van der Waals surface area (Å²) in [6.07, 6.45) is 0.568. The number of aliphatic imine (C=N–C) groups is 1. The van der Waals surface area contributed by atoms with Gasteiger partial charge in [0.1, 0.15) is 11.9 Å². The molecule has 2 aromatic rings. The number of carbonyl (C=O) groups is 1. The Balaban J connectivity index is 1.86. The number of nitrogens with one attached hydrogen (secondary N) is 2. The topological polar surface area (TPSA) is 92.2 Å². The van der Waals surface area contributed by atoms with Gasteiger partial charge in [0.15, 0.2) is 5.54 Å². The van der Waals surface area contributed by atoms with Gasteiger partial charge in [-0.2, -0.15) is 0 Å². The molecule has 154 valence electrons. The molecule has 1 amide bonds. The maximum atomic E-state index is 13.0. The lowest BCUT2D eigenvalue weighted by atomic mass is 9.86. The summed E-state index contributed by atoms with van der Waals surface area (Å²) in [6.45, 7) is 2.41. The predicted octanol–water partition coefficient (Wildman–Crippen LogP) is 1.85. The predicted molar refractivity (Wildman–Crippen MR) is 111 cm³/mol. The number of nitrogens with zero attached hydrogens (tertiary/aromatic N) is 1. The molecule has 0 unspecified atom stereocenters. The van der Waals surface area contributed by atoms with E-state index in [4.69, 9.17) is 19.6 Å². The van der Waals surface area contributed by atoms with Crippen LogP contribution >= 0.6 is 0 Å². The van der Waals surface area contributed by atoms with Crippen LogP contribution in [0.5, 0.6) is 5.75 Å². The fourth-order valence-electron chi connectivity index (χ4n) is 3.27. The first-order valence-corrected chi connectivity index (χ1v) is 9.71. The average molecular weight is 397 g/mol. The van der Waals surface area contributed by atoms with Crippen LogP contribution in [0.3, 0.4) is 0 Å². The highest BCUT2D eigenvalue weighted by Gasteiger charge is 2.50. The van der Waals surface area contributed by atoms with Crippen molar-refractivity contribution in [3.05, 3.63) is 65.7 Å². The van der Waals surface area contributed by atoms with Gasteiger partial charge < -0.3 is 14.6 Å². The molecule has 0 saturated heterocycles. The third-order valence-electron chi connectivity index (χ3n) is 4.88. The number of aliphatic hydroxyl groups is 1. The van der Waals surface area contributed by atoms with Gasteiger partial charge in [0.2, 0.25) is 5.90 Å². The lowest BCUT2D eigenvalue weighted by molar-refractivity contribution is -0.129. The molecule has 1 heterocycles. The van der Waals surface area contributed by atoms with Gasteiger partial charge in [0.05, 0.1) is 6.61 Å². The van der Waals surface area contributed by atoms with E-state index in [0.29, 0.717) is 31.1 Å². The smallest absolute Gasteiger partial charge is 0.266 e. The molecule has 1 aliphatic heterocycles. The Bertz CT molecular complexity index is 839. The number of carbonyl (C=O) groups excluding carboxylic acids is 1. The van der Waals surface area contributed by atoms with Crippen LogP contribution in [0.25, 0.3) is 0 Å². The minimum Gasteiger partial charge on any atom is -0.494 e. The molecule has 1 aliphatic rings. The van der Waals surface area contributed by atoms with E-state index in [1.165, 1.54) is 0 Å². The summed E-state index contributed by atoms with van der Waals surface area (Å²) in [6, 6.07) is 17.2. The standard InChI is InChI=1S/C22H27N3O4/c1-16-22(21(27)25-23-2,15-17-7-4-3-5-8-17)24-20(29-16)18-9-11-19(12-10-18)28-14-6-13-26/h3-5,7-12,16,23,26H,6,13-15H2,1-2H3,(H,25,27)/t16-,22-/m0/s1. The minimum absolute atomic E-state index is 0.0960. The highest BCUT2D eigenvalue weighted by atomic mass is 16.5. The van der Waals surface area contributed by atoms with E-state index in [2.05, 4.69) is 10.9 Å². The summed E-state index contributed by atoms with van der Waals surface area (Å²) in [4.78, 5) is 17.7. The zero-order chi connectivity index (χ0) is 20.7. The highest BCUT2D eigenvalue weighted by molar-refractivity contribution is 6.00. The molecule has 0 spiro atoms. The van der Waals surface area contributed by atoms with Gasteiger partial charge in [-0.05, 0) is 36.8 Å². The van der Waals surface area contributed by atoms with E-state index in [0.717, 1.165) is 11.1 Å². The van der Waals surface area contributed by atoms with Crippen molar-refractivity contribution in [3.8, 4) is 5.75 Å². The van der Waals surface area contributed by atoms with Crippen LogP contribution < -0.4 is 15.6 Å². The molecule has 29 heavy (non-hydrogen) atoms. The molecular formula is C22H27N3O4. The first kappa shape index (κ1) is 20.8. The normalized spacial score (nSPS) is 20.7. The first-order valence-electron chi connectivity index (χ1n) is 9.71. The fraction of sp³-hybridized carbons (Fsp3) is 0.364. The van der Waals surface area contributed by atoms with Gasteiger partial charge in [0.25, 0.3) is 5.91 Å². The number of benzene rings is 2. The summed E-state index contributed by atoms with van der Waals surface area (Å²) in [7, 11) is 1.65. The molecule has 3 N–H and O–H groups in total. The second-order valence-corrected chi connectivity index (χ2v) is 6.92. The molecule has 7 heteroatoms. The Labute approximate surface area is 170 Å². The van der Waals surface area contributed by atoms with Crippen LogP contribution in [0.15, 0.2) is 59.6 Å². The molecule has 0 bridgehead atoms. The monoisotopic (exact) mass is 397 g/mol. The van der Waals surface area contributed by atoms with Crippen LogP contribution in [-0.2, 0) is 16.0 Å². The van der Waals surface area contributed by atoms with Crippen molar-refractivity contribution in [3.63, 3.8) is 0 Å². The van der Waals surface area contributed by atoms with Gasteiger partial charge in [-0.25, -0.2) is 10.4 Å². The highest BCUT2D eigenvalue weighted by Crippen LogP contribution is 2.32. The molecule has 2 aromatic carbocycles. The first-order chi connectivity index (χ1) is 14.1. The van der Waals surface area contributed by atoms with Crippen LogP contribution in [0.4, 0.5) is 0 Å². The fourth-order valence-corrected chi connectivity index (χ4v) is 3.27. The maximum absolute atomic E-state index is 13.0. The Kier molecular flexibility index (Phi) is 6.85. The Hall–Kier alpha value is -2.90. The summed E-state index contributed by atoms with van der Waals surface area (Å²) in [5, 5.41) is 8.85. The molecule has 0 aliphatic carbocycles. The number of rotatable bonds is 9. The van der Waals surface area contributed by atoms with Crippen molar-refractivity contribution in [2.45, 2.75) is 31.4 Å². The number of hydrogen-bond acceptors (Lipinski definition) is 6. The minimum atomic E-state index is -1.07. The van der Waals surface area contributed by atoms with E-state index >= 15 is 0 Å². The molecule has 0 saturated carbocycles. The Morgan fingerprint density at radius 2 is 1.93 bits per heavy atom. The van der Waals surface area contributed by atoms with Gasteiger partial charge >= 0.3 is 0 Å². The largest absolute Gasteiger partial charge is 0.494 e. The second kappa shape index (κ2) is 9.54. The Morgan fingerprint density at radius 1 is 1.21 bits per heavy atom. The molecule has 2 atom stereocenters. The van der Waals surface area contributed by atoms with E-state index < -0.39 is 11.6 Å². The number of aliphatic hydroxyl groups excluding tert-OH is 1. The van der Waals surface area contributed by atoms with E-state index in [9.17, 15) is 4.79 Å². The maximum Gasteiger partial charge on any atom is 0.266 e. The molecule has 7 nitrogen and oxygen atoms in total. The molecule has 0 aromatic heterocycles. The summed E-state index contributed by atoms with van der Waals surface area (Å²) < 4.78 is 11.6. The van der Waals surface area contributed by atoms with Crippen molar-refractivity contribution < 1.29 is 19.4 Å². The van der Waals surface area contributed by atoms with Crippen LogP contribution in [-0.4, -0.2) is 48.8 Å². The third kappa shape index (κ3) is 4.75. The third-order valence-corrected chi connectivity index (χ3v) is 4.88. The zero-order valence-electron chi connectivity index (χ0n) is 16.7. The van der Waals surface area contributed by atoms with Gasteiger partial charge in [-0.3, -0.25) is 10.2 Å². The molecule has 3 rings (SSSR count). The van der Waals surface area contributed by atoms with Crippen molar-refractivity contribution in [2.75, 3.05) is 20.3 Å². The van der Waals surface area contributed by atoms with E-state index in [1.807, 2.05) is 61.5 Å². The van der Waals surface area contributed by atoms with E-state index in [1.54, 1.807) is 7.05 Å². The van der Waals surface area contributed by atoms with Crippen molar-refractivity contribution in [1.29, 1.82) is 0 Å². The van der Waals surface area contributed by atoms with Crippen molar-refractivity contribution >= 4 is 11.8 Å². The number of ether oxygens (including phenoxy) is 2. The van der Waals surface area contributed by atoms with Crippen LogP contribution in [0.2, 0.25) is 0 Å². The summed E-state index contributed by atoms with van der Waals surface area (Å²) in [5.41, 5.74) is 6.08. The number of hydrogen-bond donors (Lipinski definition) is 3. The van der Waals surface area contributed by atoms with Crippen molar-refractivity contribution in [2.24, 2.45) is 4.99 Å². The van der Waals surface area contributed by atoms with E-state index in [-0.39, 0.29) is 12.5 Å². The van der Waals surface area contributed by atoms with Crippen LogP contribution in [0.1, 0.15) is 24.5 Å². The van der Waals surface area contributed by atoms with Crippen molar-refractivity contribution in [1.82, 2.24) is 10.9 Å². The number of amides is 1. The van der Waals surface area contributed by atoms with Gasteiger partial charge in [-0.1, -0.05) is 30.3 Å². The molecular weight excluding hydrogens is 370 g/mol. The Morgan fingerprint density at radius 3 is 2.59 bits per heavy atom. The summed E-state index contributed by atoms with van der Waals surface area (Å²) in [5.74, 6) is 0.897.